The van der Waals surface area contributed by atoms with Crippen LogP contribution in [0.5, 0.6) is 0 Å². The predicted octanol–water partition coefficient (Wildman–Crippen LogP) is 3.88. The van der Waals surface area contributed by atoms with E-state index in [1.165, 1.54) is 11.3 Å². The third-order valence-electron chi connectivity index (χ3n) is 2.95. The van der Waals surface area contributed by atoms with Gasteiger partial charge in [-0.1, -0.05) is 29.8 Å². The van der Waals surface area contributed by atoms with Gasteiger partial charge in [-0.2, -0.15) is 0 Å². The van der Waals surface area contributed by atoms with Crippen LogP contribution in [0.3, 0.4) is 0 Å². The van der Waals surface area contributed by atoms with E-state index >= 15 is 0 Å². The summed E-state index contributed by atoms with van der Waals surface area (Å²) in [5, 5.41) is 4.16. The quantitative estimate of drug-likeness (QED) is 0.822. The average Bonchev–Trinajstić information content (AvgIpc) is 2.86. The normalized spacial score (nSPS) is 11.6. The van der Waals surface area contributed by atoms with E-state index in [0.717, 1.165) is 15.5 Å². The van der Waals surface area contributed by atoms with Crippen molar-refractivity contribution in [3.05, 3.63) is 45.9 Å². The third kappa shape index (κ3) is 5.93. The van der Waals surface area contributed by atoms with Crippen molar-refractivity contribution >= 4 is 46.4 Å². The summed E-state index contributed by atoms with van der Waals surface area (Å²) in [6.07, 6.45) is 3.57. The monoisotopic (exact) mass is 359 g/mol. The zero-order chi connectivity index (χ0) is 15.2. The number of hydrogen-bond donors (Lipinski definition) is 2. The average molecular weight is 360 g/mol. The number of aromatic nitrogens is 1. The molecule has 4 nitrogen and oxygen atoms in total. The summed E-state index contributed by atoms with van der Waals surface area (Å²) in [7, 11) is 0. The molecule has 0 saturated heterocycles. The van der Waals surface area contributed by atoms with E-state index in [-0.39, 0.29) is 24.4 Å². The molecule has 0 fully saturated rings. The van der Waals surface area contributed by atoms with Crippen LogP contribution in [0.15, 0.2) is 30.5 Å². The van der Waals surface area contributed by atoms with Gasteiger partial charge in [0.2, 0.25) is 5.91 Å². The summed E-state index contributed by atoms with van der Waals surface area (Å²) in [6.45, 7) is 1.89. The number of carbonyl (C=O) groups excluding carboxylic acids is 1. The zero-order valence-electron chi connectivity index (χ0n) is 12.2. The van der Waals surface area contributed by atoms with Gasteiger partial charge >= 0.3 is 0 Å². The van der Waals surface area contributed by atoms with Crippen molar-refractivity contribution in [3.8, 4) is 0 Å². The standard InChI is InChI=1S/C15H18ClN3OS.ClH/c1-10(17)6-7-14(20)19-15-18-9-12(21-15)8-11-4-2-3-5-13(11)16;/h2-5,9-10H,6-8,17H2,1H3,(H,18,19,20);1H. The lowest BCUT2D eigenvalue weighted by atomic mass is 10.1. The molecule has 0 radical (unpaired) electrons. The molecule has 1 heterocycles. The molecule has 0 aliphatic rings. The largest absolute Gasteiger partial charge is 0.328 e. The minimum absolute atomic E-state index is 0. The Labute approximate surface area is 145 Å². The summed E-state index contributed by atoms with van der Waals surface area (Å²) >= 11 is 7.60. The van der Waals surface area contributed by atoms with Gasteiger partial charge in [-0.15, -0.1) is 23.7 Å². The van der Waals surface area contributed by atoms with Gasteiger partial charge in [-0.25, -0.2) is 4.98 Å². The van der Waals surface area contributed by atoms with Crippen LogP contribution in [0.1, 0.15) is 30.2 Å². The number of benzene rings is 1. The molecule has 0 aliphatic heterocycles. The summed E-state index contributed by atoms with van der Waals surface area (Å²) < 4.78 is 0. The van der Waals surface area contributed by atoms with Crippen molar-refractivity contribution in [2.24, 2.45) is 5.73 Å². The molecule has 0 saturated carbocycles. The van der Waals surface area contributed by atoms with E-state index in [2.05, 4.69) is 10.3 Å². The molecule has 2 aromatic rings. The van der Waals surface area contributed by atoms with Crippen LogP contribution >= 0.6 is 35.3 Å². The summed E-state index contributed by atoms with van der Waals surface area (Å²) in [5.74, 6) is -0.0501. The first kappa shape index (κ1) is 18.9. The fraction of sp³-hybridized carbons (Fsp3) is 0.333. The molecule has 1 aromatic carbocycles. The Bertz CT molecular complexity index is 616. The number of carbonyl (C=O) groups is 1. The smallest absolute Gasteiger partial charge is 0.226 e. The first-order valence-corrected chi connectivity index (χ1v) is 7.97. The van der Waals surface area contributed by atoms with Crippen molar-refractivity contribution in [2.75, 3.05) is 5.32 Å². The minimum Gasteiger partial charge on any atom is -0.328 e. The fourth-order valence-corrected chi connectivity index (χ4v) is 2.87. The molecule has 2 rings (SSSR count). The number of amides is 1. The van der Waals surface area contributed by atoms with E-state index in [0.29, 0.717) is 24.4 Å². The summed E-state index contributed by atoms with van der Waals surface area (Å²) in [5.41, 5.74) is 6.69. The first-order valence-electron chi connectivity index (χ1n) is 6.78. The van der Waals surface area contributed by atoms with E-state index in [9.17, 15) is 4.79 Å². The number of hydrogen-bond acceptors (Lipinski definition) is 4. The molecule has 1 aromatic heterocycles. The molecule has 1 atom stereocenters. The second-order valence-corrected chi connectivity index (χ2v) is 6.49. The highest BCUT2D eigenvalue weighted by Gasteiger charge is 2.09. The number of nitrogens with two attached hydrogens (primary N) is 1. The van der Waals surface area contributed by atoms with Crippen LogP contribution in [0.25, 0.3) is 0 Å². The maximum absolute atomic E-state index is 11.7. The van der Waals surface area contributed by atoms with E-state index in [4.69, 9.17) is 17.3 Å². The number of halogens is 2. The van der Waals surface area contributed by atoms with Gasteiger partial charge in [-0.3, -0.25) is 4.79 Å². The molecule has 0 spiro atoms. The van der Waals surface area contributed by atoms with Crippen LogP contribution in [0, 0.1) is 0 Å². The van der Waals surface area contributed by atoms with Crippen molar-refractivity contribution < 1.29 is 4.79 Å². The van der Waals surface area contributed by atoms with Crippen LogP contribution in [0.4, 0.5) is 5.13 Å². The maximum atomic E-state index is 11.7. The van der Waals surface area contributed by atoms with Gasteiger partial charge in [0.15, 0.2) is 5.13 Å². The highest BCUT2D eigenvalue weighted by molar-refractivity contribution is 7.15. The highest BCUT2D eigenvalue weighted by atomic mass is 35.5. The molecular weight excluding hydrogens is 341 g/mol. The van der Waals surface area contributed by atoms with Gasteiger partial charge in [0.1, 0.15) is 0 Å². The topological polar surface area (TPSA) is 68.0 Å². The predicted molar refractivity (Wildman–Crippen MR) is 95.1 cm³/mol. The molecule has 1 amide bonds. The maximum Gasteiger partial charge on any atom is 0.226 e. The number of nitrogens with one attached hydrogen (secondary N) is 1. The molecule has 3 N–H and O–H groups in total. The van der Waals surface area contributed by atoms with Gasteiger partial charge in [0.05, 0.1) is 0 Å². The summed E-state index contributed by atoms with van der Waals surface area (Å²) in [6, 6.07) is 7.75. The number of thiazole rings is 1. The molecule has 22 heavy (non-hydrogen) atoms. The van der Waals surface area contributed by atoms with Crippen LogP contribution < -0.4 is 11.1 Å². The Hall–Kier alpha value is -1.14. The van der Waals surface area contributed by atoms with Gasteiger partial charge in [0.25, 0.3) is 0 Å². The molecular formula is C15H19Cl2N3OS. The zero-order valence-corrected chi connectivity index (χ0v) is 14.6. The second-order valence-electron chi connectivity index (χ2n) is 4.96. The SMILES string of the molecule is CC(N)CCC(=O)Nc1ncc(Cc2ccccc2Cl)s1.Cl. The molecule has 0 bridgehead atoms. The van der Waals surface area contributed by atoms with Crippen molar-refractivity contribution in [1.29, 1.82) is 0 Å². The lowest BCUT2D eigenvalue weighted by molar-refractivity contribution is -0.116. The Morgan fingerprint density at radius 2 is 2.18 bits per heavy atom. The van der Waals surface area contributed by atoms with Crippen LogP contribution in [0.2, 0.25) is 5.02 Å². The lowest BCUT2D eigenvalue weighted by Gasteiger charge is -2.04. The molecule has 1 unspecified atom stereocenters. The first-order chi connectivity index (χ1) is 10.0. The Kier molecular flexibility index (Phi) is 7.82. The van der Waals surface area contributed by atoms with E-state index in [1.54, 1.807) is 6.20 Å². The molecule has 120 valence electrons. The third-order valence-corrected chi connectivity index (χ3v) is 4.23. The van der Waals surface area contributed by atoms with Crippen LogP contribution in [-0.2, 0) is 11.2 Å². The minimum atomic E-state index is -0.0501. The number of nitrogens with zero attached hydrogens (tertiary/aromatic N) is 1. The lowest BCUT2D eigenvalue weighted by Crippen LogP contribution is -2.19. The van der Waals surface area contributed by atoms with Crippen molar-refractivity contribution in [1.82, 2.24) is 4.98 Å². The van der Waals surface area contributed by atoms with E-state index in [1.807, 2.05) is 31.2 Å². The number of rotatable bonds is 6. The van der Waals surface area contributed by atoms with E-state index < -0.39 is 0 Å². The number of anilines is 1. The molecule has 7 heteroatoms. The Morgan fingerprint density at radius 3 is 2.86 bits per heavy atom. The fourth-order valence-electron chi connectivity index (χ4n) is 1.82. The van der Waals surface area contributed by atoms with Gasteiger partial charge < -0.3 is 11.1 Å². The Morgan fingerprint density at radius 1 is 1.45 bits per heavy atom. The van der Waals surface area contributed by atoms with Crippen molar-refractivity contribution in [3.63, 3.8) is 0 Å². The van der Waals surface area contributed by atoms with Gasteiger partial charge in [0, 0.05) is 35.0 Å². The summed E-state index contributed by atoms with van der Waals surface area (Å²) in [4.78, 5) is 17.0. The Balaban J connectivity index is 0.00000242. The molecule has 0 aliphatic carbocycles. The van der Waals surface area contributed by atoms with Crippen molar-refractivity contribution in [2.45, 2.75) is 32.2 Å². The van der Waals surface area contributed by atoms with Crippen LogP contribution in [-0.4, -0.2) is 16.9 Å². The second kappa shape index (κ2) is 9.10. The highest BCUT2D eigenvalue weighted by Crippen LogP contribution is 2.24. The van der Waals surface area contributed by atoms with Gasteiger partial charge in [-0.05, 0) is 25.0 Å².